The largest absolute Gasteiger partial charge is 0.379 e. The summed E-state index contributed by atoms with van der Waals surface area (Å²) in [5, 5.41) is 3.45. The van der Waals surface area contributed by atoms with Crippen molar-refractivity contribution in [2.45, 2.75) is 82.8 Å². The van der Waals surface area contributed by atoms with Crippen LogP contribution in [0.25, 0.3) is 0 Å². The summed E-state index contributed by atoms with van der Waals surface area (Å²) in [5.41, 5.74) is 3.77. The van der Waals surface area contributed by atoms with E-state index in [4.69, 9.17) is 14.2 Å². The molecule has 0 radical (unpaired) electrons. The number of likely N-dealkylation sites (N-methyl/N-ethyl adjacent to an activating group) is 1. The first kappa shape index (κ1) is 28.9. The molecule has 0 bridgehead atoms. The van der Waals surface area contributed by atoms with Crippen LogP contribution < -0.4 is 5.32 Å². The highest BCUT2D eigenvalue weighted by atomic mass is 16.5. The maximum absolute atomic E-state index is 13.5. The minimum atomic E-state index is -0.0155. The first-order valence-corrected chi connectivity index (χ1v) is 14.8. The zero-order valence-electron chi connectivity index (χ0n) is 24.5. The highest BCUT2D eigenvalue weighted by Crippen LogP contribution is 2.32. The van der Waals surface area contributed by atoms with E-state index in [9.17, 15) is 4.79 Å². The molecule has 4 atom stereocenters. The molecule has 9 heteroatoms. The number of carbonyl (C=O) groups excluding carboxylic acids is 1. The maximum Gasteiger partial charge on any atom is 0.272 e. The van der Waals surface area contributed by atoms with Gasteiger partial charge in [0.25, 0.3) is 5.91 Å². The Bertz CT molecular complexity index is 1120. The van der Waals surface area contributed by atoms with E-state index in [1.165, 1.54) is 17.5 Å². The van der Waals surface area contributed by atoms with Gasteiger partial charge >= 0.3 is 0 Å². The second-order valence-corrected chi connectivity index (χ2v) is 11.6. The van der Waals surface area contributed by atoms with Gasteiger partial charge in [0, 0.05) is 51.0 Å². The van der Waals surface area contributed by atoms with Crippen molar-refractivity contribution in [2.24, 2.45) is 0 Å². The Balaban J connectivity index is 1.15. The van der Waals surface area contributed by atoms with E-state index in [1.54, 1.807) is 7.11 Å². The molecule has 0 unspecified atom stereocenters. The van der Waals surface area contributed by atoms with Crippen molar-refractivity contribution in [2.75, 3.05) is 52.3 Å². The number of aromatic nitrogens is 2. The maximum atomic E-state index is 13.5. The van der Waals surface area contributed by atoms with Crippen LogP contribution in [0.5, 0.6) is 0 Å². The van der Waals surface area contributed by atoms with Crippen molar-refractivity contribution in [3.05, 3.63) is 53.0 Å². The van der Waals surface area contributed by atoms with Gasteiger partial charge in [0.05, 0.1) is 24.9 Å². The number of nitrogens with one attached hydrogen (secondary N) is 1. The molecule has 0 spiro atoms. The predicted octanol–water partition coefficient (Wildman–Crippen LogP) is 4.16. The first-order valence-electron chi connectivity index (χ1n) is 14.8. The van der Waals surface area contributed by atoms with Gasteiger partial charge in [0.2, 0.25) is 0 Å². The molecule has 40 heavy (non-hydrogen) atoms. The molecule has 218 valence electrons. The number of rotatable bonds is 8. The predicted molar refractivity (Wildman–Crippen MR) is 155 cm³/mol. The summed E-state index contributed by atoms with van der Waals surface area (Å²) in [4.78, 5) is 26.8. The summed E-state index contributed by atoms with van der Waals surface area (Å²) in [6, 6.07) is 9.41. The lowest BCUT2D eigenvalue weighted by molar-refractivity contribution is -0.0891. The Morgan fingerprint density at radius 1 is 1.10 bits per heavy atom. The minimum absolute atomic E-state index is 0.0155. The zero-order chi connectivity index (χ0) is 28.1. The van der Waals surface area contributed by atoms with Gasteiger partial charge in [-0.05, 0) is 65.0 Å². The molecule has 1 aromatic heterocycles. The molecule has 3 aliphatic rings. The van der Waals surface area contributed by atoms with Crippen molar-refractivity contribution < 1.29 is 19.0 Å². The first-order chi connectivity index (χ1) is 19.4. The fourth-order valence-electron chi connectivity index (χ4n) is 6.42. The number of piperidine rings is 1. The van der Waals surface area contributed by atoms with Gasteiger partial charge in [-0.2, -0.15) is 0 Å². The Hall–Kier alpha value is -2.59. The SMILES string of the molecule is CO[C@H]1COCC[C@H]1N(C)C1CCN(C(=O)c2ncnc(NC[C@H]3CCC[C@@H](c4ccc(C)cc4)O3)c2C)CC1. The highest BCUT2D eigenvalue weighted by molar-refractivity contribution is 5.94. The number of nitrogens with zero attached hydrogens (tertiary/aromatic N) is 4. The molecule has 3 fully saturated rings. The molecule has 3 saturated heterocycles. The summed E-state index contributed by atoms with van der Waals surface area (Å²) < 4.78 is 17.7. The van der Waals surface area contributed by atoms with Crippen LogP contribution in [0.1, 0.15) is 71.8 Å². The molecule has 5 rings (SSSR count). The molecule has 1 N–H and O–H groups in total. The number of hydrogen-bond donors (Lipinski definition) is 1. The Kier molecular flexibility index (Phi) is 9.68. The van der Waals surface area contributed by atoms with E-state index in [0.717, 1.165) is 63.8 Å². The summed E-state index contributed by atoms with van der Waals surface area (Å²) in [6.07, 6.45) is 7.84. The molecule has 0 aliphatic carbocycles. The second-order valence-electron chi connectivity index (χ2n) is 11.6. The van der Waals surface area contributed by atoms with Crippen LogP contribution in [-0.4, -0.2) is 97.0 Å². The van der Waals surface area contributed by atoms with Crippen molar-refractivity contribution in [3.63, 3.8) is 0 Å². The standard InChI is InChI=1S/C31H45N5O4/c1-21-8-10-23(11-9-21)27-7-5-6-25(40-27)18-32-30-22(2)29(33-20-34-30)31(37)36-15-12-24(13-16-36)35(3)26-14-17-39-19-28(26)38-4/h8-11,20,24-28H,5-7,12-19H2,1-4H3,(H,32,33,34)/t25-,26-,27+,28+/m1/s1. The van der Waals surface area contributed by atoms with Crippen LogP contribution in [0.3, 0.4) is 0 Å². The molecule has 3 aliphatic heterocycles. The smallest absolute Gasteiger partial charge is 0.272 e. The van der Waals surface area contributed by atoms with Crippen molar-refractivity contribution in [3.8, 4) is 0 Å². The van der Waals surface area contributed by atoms with E-state index < -0.39 is 0 Å². The lowest BCUT2D eigenvalue weighted by Crippen LogP contribution is -2.54. The van der Waals surface area contributed by atoms with Crippen LogP contribution in [0.4, 0.5) is 5.82 Å². The van der Waals surface area contributed by atoms with Crippen LogP contribution >= 0.6 is 0 Å². The lowest BCUT2D eigenvalue weighted by Gasteiger charge is -2.44. The number of carbonyl (C=O) groups is 1. The third kappa shape index (κ3) is 6.65. The average molecular weight is 552 g/mol. The fraction of sp³-hybridized carbons (Fsp3) is 0.645. The topological polar surface area (TPSA) is 89.1 Å². The monoisotopic (exact) mass is 551 g/mol. The van der Waals surface area contributed by atoms with Crippen molar-refractivity contribution >= 4 is 11.7 Å². The van der Waals surface area contributed by atoms with Gasteiger partial charge in [0.15, 0.2) is 0 Å². The Morgan fingerprint density at radius 3 is 2.62 bits per heavy atom. The number of hydrogen-bond acceptors (Lipinski definition) is 8. The summed E-state index contributed by atoms with van der Waals surface area (Å²) >= 11 is 0. The Labute approximate surface area is 238 Å². The molecule has 1 amide bonds. The molecule has 0 saturated carbocycles. The molecule has 1 aromatic carbocycles. The Morgan fingerprint density at radius 2 is 1.88 bits per heavy atom. The normalized spacial score (nSPS) is 26.2. The minimum Gasteiger partial charge on any atom is -0.379 e. The number of benzene rings is 1. The van der Waals surface area contributed by atoms with Crippen LogP contribution in [0.2, 0.25) is 0 Å². The molecule has 2 aromatic rings. The number of amides is 1. The van der Waals surface area contributed by atoms with Crippen LogP contribution in [0.15, 0.2) is 30.6 Å². The summed E-state index contributed by atoms with van der Waals surface area (Å²) in [5.74, 6) is 0.692. The molecule has 9 nitrogen and oxygen atoms in total. The quantitative estimate of drug-likeness (QED) is 0.523. The van der Waals surface area contributed by atoms with E-state index >= 15 is 0 Å². The van der Waals surface area contributed by atoms with Crippen molar-refractivity contribution in [1.82, 2.24) is 19.8 Å². The van der Waals surface area contributed by atoms with Crippen LogP contribution in [0, 0.1) is 13.8 Å². The molecular weight excluding hydrogens is 506 g/mol. The van der Waals surface area contributed by atoms with E-state index in [-0.39, 0.29) is 24.2 Å². The average Bonchev–Trinajstić information content (AvgIpc) is 3.00. The molecular formula is C31H45N5O4. The summed E-state index contributed by atoms with van der Waals surface area (Å²) in [6.45, 7) is 7.55. The van der Waals surface area contributed by atoms with E-state index in [2.05, 4.69) is 58.4 Å². The van der Waals surface area contributed by atoms with Gasteiger partial charge in [-0.15, -0.1) is 0 Å². The van der Waals surface area contributed by atoms with Crippen molar-refractivity contribution in [1.29, 1.82) is 0 Å². The van der Waals surface area contributed by atoms with Gasteiger partial charge in [-0.25, -0.2) is 9.97 Å². The third-order valence-electron chi connectivity index (χ3n) is 9.00. The van der Waals surface area contributed by atoms with Gasteiger partial charge in [-0.3, -0.25) is 9.69 Å². The number of ether oxygens (including phenoxy) is 3. The van der Waals surface area contributed by atoms with Gasteiger partial charge in [0.1, 0.15) is 17.8 Å². The third-order valence-corrected chi connectivity index (χ3v) is 9.00. The number of likely N-dealkylation sites (tertiary alicyclic amines) is 1. The zero-order valence-corrected chi connectivity index (χ0v) is 24.5. The second kappa shape index (κ2) is 13.4. The van der Waals surface area contributed by atoms with E-state index in [1.807, 2.05) is 11.8 Å². The summed E-state index contributed by atoms with van der Waals surface area (Å²) in [7, 11) is 3.95. The van der Waals surface area contributed by atoms with Crippen LogP contribution in [-0.2, 0) is 14.2 Å². The fourth-order valence-corrected chi connectivity index (χ4v) is 6.42. The number of aryl methyl sites for hydroxylation is 1. The van der Waals surface area contributed by atoms with Gasteiger partial charge in [-0.1, -0.05) is 29.8 Å². The molecule has 4 heterocycles. The van der Waals surface area contributed by atoms with Gasteiger partial charge < -0.3 is 24.4 Å². The van der Waals surface area contributed by atoms with E-state index in [0.29, 0.717) is 36.7 Å². The number of methoxy groups -OCH3 is 1. The lowest BCUT2D eigenvalue weighted by atomic mass is 9.97. The highest BCUT2D eigenvalue weighted by Gasteiger charge is 2.35. The number of anilines is 1.